The van der Waals surface area contributed by atoms with Gasteiger partial charge in [-0.2, -0.15) is 0 Å². The van der Waals surface area contributed by atoms with E-state index in [0.717, 1.165) is 31.2 Å². The Morgan fingerprint density at radius 2 is 2.03 bits per heavy atom. The van der Waals surface area contributed by atoms with E-state index < -0.39 is 21.4 Å². The Hall–Kier alpha value is -1.87. The molecule has 0 radical (unpaired) electrons. The van der Waals surface area contributed by atoms with Gasteiger partial charge in [0.15, 0.2) is 11.6 Å². The first-order valence-corrected chi connectivity index (χ1v) is 12.5. The molecule has 0 unspecified atom stereocenters. The molecule has 3 fully saturated rings. The average Bonchev–Trinajstić information content (AvgIpc) is 3.62. The fourth-order valence-corrected chi connectivity index (χ4v) is 5.43. The molecule has 2 amide bonds. The summed E-state index contributed by atoms with van der Waals surface area (Å²) >= 11 is 0. The minimum absolute atomic E-state index is 0.0419. The van der Waals surface area contributed by atoms with Gasteiger partial charge in [-0.05, 0) is 62.1 Å². The molecule has 4 rings (SSSR count). The Morgan fingerprint density at radius 3 is 2.70 bits per heavy atom. The number of halogens is 1. The average molecular weight is 440 g/mol. The first-order valence-electron chi connectivity index (χ1n) is 10.8. The van der Waals surface area contributed by atoms with Crippen LogP contribution in [0.1, 0.15) is 50.5 Å². The van der Waals surface area contributed by atoms with Gasteiger partial charge in [0.2, 0.25) is 10.0 Å². The molecule has 0 atom stereocenters. The second-order valence-electron chi connectivity index (χ2n) is 8.68. The normalized spacial score (nSPS) is 20.3. The van der Waals surface area contributed by atoms with Gasteiger partial charge in [-0.1, -0.05) is 12.5 Å². The maximum atomic E-state index is 14.1. The van der Waals surface area contributed by atoms with Crippen LogP contribution in [-0.2, 0) is 15.6 Å². The van der Waals surface area contributed by atoms with E-state index in [2.05, 4.69) is 10.0 Å². The molecule has 166 valence electrons. The number of nitrogens with zero attached hydrogens (tertiary/aromatic N) is 1. The van der Waals surface area contributed by atoms with Crippen LogP contribution in [0.5, 0.6) is 5.75 Å². The number of amides is 2. The molecule has 0 bridgehead atoms. The van der Waals surface area contributed by atoms with Crippen molar-refractivity contribution in [1.82, 2.24) is 14.9 Å². The zero-order valence-electron chi connectivity index (χ0n) is 17.2. The second-order valence-corrected chi connectivity index (χ2v) is 10.5. The van der Waals surface area contributed by atoms with Gasteiger partial charge in [0.05, 0.1) is 17.9 Å². The number of hydrogen-bond acceptors (Lipinski definition) is 4. The SMILES string of the molecule is O=C1NCCN1CCCCCS(=O)(=O)NC1(c2ccc(F)c(OCC3CC3)c2)CC1. The van der Waals surface area contributed by atoms with Crippen LogP contribution in [0.25, 0.3) is 0 Å². The third-order valence-electron chi connectivity index (χ3n) is 6.04. The number of carbonyl (C=O) groups excluding carboxylic acids is 1. The van der Waals surface area contributed by atoms with Crippen molar-refractivity contribution in [1.29, 1.82) is 0 Å². The first-order chi connectivity index (χ1) is 14.4. The molecule has 1 aliphatic heterocycles. The highest BCUT2D eigenvalue weighted by molar-refractivity contribution is 7.89. The summed E-state index contributed by atoms with van der Waals surface area (Å²) in [5.41, 5.74) is 0.121. The number of hydrogen-bond donors (Lipinski definition) is 2. The van der Waals surface area contributed by atoms with Gasteiger partial charge in [0.25, 0.3) is 0 Å². The number of benzene rings is 1. The molecular formula is C21H30FN3O4S. The van der Waals surface area contributed by atoms with Crippen LogP contribution in [0, 0.1) is 11.7 Å². The lowest BCUT2D eigenvalue weighted by molar-refractivity contribution is 0.216. The van der Waals surface area contributed by atoms with Crippen molar-refractivity contribution in [2.75, 3.05) is 32.0 Å². The summed E-state index contributed by atoms with van der Waals surface area (Å²) in [5.74, 6) is 0.356. The minimum Gasteiger partial charge on any atom is -0.490 e. The summed E-state index contributed by atoms with van der Waals surface area (Å²) in [6.45, 7) is 2.56. The van der Waals surface area contributed by atoms with Crippen molar-refractivity contribution in [2.24, 2.45) is 5.92 Å². The van der Waals surface area contributed by atoms with Gasteiger partial charge in [0, 0.05) is 19.6 Å². The minimum atomic E-state index is -3.45. The van der Waals surface area contributed by atoms with E-state index in [-0.39, 0.29) is 17.5 Å². The molecule has 2 N–H and O–H groups in total. The Labute approximate surface area is 177 Å². The standard InChI is InChI=1S/C21H30FN3O4S/c22-18-7-6-17(14-19(18)29-15-16-4-5-16)21(8-9-21)24-30(27,28)13-3-1-2-11-25-12-10-23-20(25)26/h6-7,14,16,24H,1-5,8-13,15H2,(H,23,26). The molecule has 9 heteroatoms. The predicted octanol–water partition coefficient (Wildman–Crippen LogP) is 2.72. The van der Waals surface area contributed by atoms with Crippen LogP contribution in [0.15, 0.2) is 18.2 Å². The number of urea groups is 1. The van der Waals surface area contributed by atoms with E-state index in [1.807, 2.05) is 0 Å². The lowest BCUT2D eigenvalue weighted by Gasteiger charge is -2.19. The molecule has 1 heterocycles. The van der Waals surface area contributed by atoms with Crippen LogP contribution in [0.3, 0.4) is 0 Å². The molecule has 2 saturated carbocycles. The Morgan fingerprint density at radius 1 is 1.23 bits per heavy atom. The smallest absolute Gasteiger partial charge is 0.317 e. The quantitative estimate of drug-likeness (QED) is 0.490. The number of rotatable bonds is 12. The Kier molecular flexibility index (Phi) is 6.20. The summed E-state index contributed by atoms with van der Waals surface area (Å²) in [4.78, 5) is 13.2. The highest BCUT2D eigenvalue weighted by Gasteiger charge is 2.47. The third-order valence-corrected chi connectivity index (χ3v) is 7.57. The summed E-state index contributed by atoms with van der Waals surface area (Å²) < 4.78 is 47.8. The Balaban J connectivity index is 1.27. The van der Waals surface area contributed by atoms with Gasteiger partial charge < -0.3 is 15.0 Å². The number of ether oxygens (including phenoxy) is 1. The summed E-state index contributed by atoms with van der Waals surface area (Å²) in [7, 11) is -3.45. The summed E-state index contributed by atoms with van der Waals surface area (Å²) in [5, 5.41) is 2.76. The van der Waals surface area contributed by atoms with Crippen LogP contribution >= 0.6 is 0 Å². The van der Waals surface area contributed by atoms with E-state index in [9.17, 15) is 17.6 Å². The zero-order chi connectivity index (χ0) is 21.2. The molecule has 7 nitrogen and oxygen atoms in total. The Bertz CT molecular complexity index is 884. The van der Waals surface area contributed by atoms with E-state index in [1.54, 1.807) is 17.0 Å². The van der Waals surface area contributed by atoms with E-state index in [1.165, 1.54) is 6.07 Å². The second kappa shape index (κ2) is 8.70. The lowest BCUT2D eigenvalue weighted by atomic mass is 10.1. The monoisotopic (exact) mass is 439 g/mol. The van der Waals surface area contributed by atoms with Gasteiger partial charge in [-0.3, -0.25) is 0 Å². The van der Waals surface area contributed by atoms with E-state index in [0.29, 0.717) is 51.4 Å². The molecule has 1 aromatic rings. The fourth-order valence-electron chi connectivity index (χ4n) is 3.82. The summed E-state index contributed by atoms with van der Waals surface area (Å²) in [6, 6.07) is 4.62. The topological polar surface area (TPSA) is 87.7 Å². The van der Waals surface area contributed by atoms with Gasteiger partial charge >= 0.3 is 6.03 Å². The van der Waals surface area contributed by atoms with Crippen molar-refractivity contribution < 1.29 is 22.3 Å². The van der Waals surface area contributed by atoms with Crippen molar-refractivity contribution in [3.05, 3.63) is 29.6 Å². The van der Waals surface area contributed by atoms with Crippen molar-refractivity contribution in [3.63, 3.8) is 0 Å². The maximum Gasteiger partial charge on any atom is 0.317 e. The highest BCUT2D eigenvalue weighted by Crippen LogP contribution is 2.47. The van der Waals surface area contributed by atoms with Crippen LogP contribution in [0.2, 0.25) is 0 Å². The molecule has 0 spiro atoms. The molecule has 2 aliphatic carbocycles. The van der Waals surface area contributed by atoms with Crippen molar-refractivity contribution in [2.45, 2.75) is 50.5 Å². The van der Waals surface area contributed by atoms with E-state index >= 15 is 0 Å². The predicted molar refractivity (Wildman–Crippen MR) is 111 cm³/mol. The third kappa shape index (κ3) is 5.43. The van der Waals surface area contributed by atoms with Gasteiger partial charge in [0.1, 0.15) is 0 Å². The molecule has 30 heavy (non-hydrogen) atoms. The number of nitrogens with one attached hydrogen (secondary N) is 2. The molecule has 1 saturated heterocycles. The first kappa shape index (κ1) is 21.4. The summed E-state index contributed by atoms with van der Waals surface area (Å²) in [6.07, 6.45) is 5.71. The van der Waals surface area contributed by atoms with Crippen LogP contribution in [0.4, 0.5) is 9.18 Å². The number of sulfonamides is 1. The zero-order valence-corrected chi connectivity index (χ0v) is 18.0. The van der Waals surface area contributed by atoms with Crippen LogP contribution in [-0.4, -0.2) is 51.3 Å². The number of unbranched alkanes of at least 4 members (excludes halogenated alkanes) is 2. The molecule has 3 aliphatic rings. The maximum absolute atomic E-state index is 14.1. The lowest BCUT2D eigenvalue weighted by Crippen LogP contribution is -2.36. The fraction of sp³-hybridized carbons (Fsp3) is 0.667. The van der Waals surface area contributed by atoms with Crippen LogP contribution < -0.4 is 14.8 Å². The number of carbonyl (C=O) groups is 1. The molecular weight excluding hydrogens is 409 g/mol. The molecule has 0 aromatic heterocycles. The van der Waals surface area contributed by atoms with Gasteiger partial charge in [-0.25, -0.2) is 22.3 Å². The molecule has 1 aromatic carbocycles. The largest absolute Gasteiger partial charge is 0.490 e. The highest BCUT2D eigenvalue weighted by atomic mass is 32.2. The van der Waals surface area contributed by atoms with E-state index in [4.69, 9.17) is 4.74 Å². The van der Waals surface area contributed by atoms with Crippen molar-refractivity contribution in [3.8, 4) is 5.75 Å². The van der Waals surface area contributed by atoms with Crippen molar-refractivity contribution >= 4 is 16.1 Å². The van der Waals surface area contributed by atoms with Gasteiger partial charge in [-0.15, -0.1) is 0 Å².